The molecule has 2 atom stereocenters. The fourth-order valence-electron chi connectivity index (χ4n) is 2.62. The molecule has 5 nitrogen and oxygen atoms in total. The van der Waals surface area contributed by atoms with Crippen molar-refractivity contribution in [2.75, 3.05) is 29.9 Å². The van der Waals surface area contributed by atoms with E-state index in [9.17, 15) is 9.59 Å². The number of hydrogen-bond acceptors (Lipinski definition) is 4. The number of nitrogens with one attached hydrogen (secondary N) is 1. The number of morpholine rings is 1. The largest absolute Gasteiger partial charge is 0.372 e. The van der Waals surface area contributed by atoms with E-state index in [1.165, 1.54) is 11.8 Å². The molecule has 1 heterocycles. The quantitative estimate of drug-likeness (QED) is 0.896. The second kappa shape index (κ2) is 8.36. The van der Waals surface area contributed by atoms with Gasteiger partial charge in [0.05, 0.1) is 23.7 Å². The van der Waals surface area contributed by atoms with Crippen LogP contribution in [0.2, 0.25) is 0 Å². The van der Waals surface area contributed by atoms with Crippen LogP contribution < -0.4 is 5.32 Å². The van der Waals surface area contributed by atoms with Crippen molar-refractivity contribution in [3.63, 3.8) is 0 Å². The Labute approximate surface area is 141 Å². The first-order valence-corrected chi connectivity index (χ1v) is 8.97. The minimum atomic E-state index is -0.0860. The number of benzene rings is 1. The zero-order valence-corrected chi connectivity index (χ0v) is 14.7. The second-order valence-electron chi connectivity index (χ2n) is 5.97. The van der Waals surface area contributed by atoms with Crippen LogP contribution in [0.25, 0.3) is 0 Å². The van der Waals surface area contributed by atoms with Gasteiger partial charge in [0.15, 0.2) is 0 Å². The Bertz CT molecular complexity index is 555. The van der Waals surface area contributed by atoms with E-state index in [0.29, 0.717) is 18.8 Å². The van der Waals surface area contributed by atoms with Gasteiger partial charge in [0.1, 0.15) is 0 Å². The van der Waals surface area contributed by atoms with Gasteiger partial charge in [0.25, 0.3) is 0 Å². The fraction of sp³-hybridized carbons (Fsp3) is 0.529. The third-order valence-electron chi connectivity index (χ3n) is 3.53. The summed E-state index contributed by atoms with van der Waals surface area (Å²) < 4.78 is 5.62. The van der Waals surface area contributed by atoms with Crippen molar-refractivity contribution >= 4 is 29.3 Å². The maximum Gasteiger partial charge on any atom is 0.234 e. The number of ether oxygens (including phenoxy) is 1. The number of hydrogen-bond donors (Lipinski definition) is 1. The van der Waals surface area contributed by atoms with Gasteiger partial charge in [0.2, 0.25) is 11.8 Å². The summed E-state index contributed by atoms with van der Waals surface area (Å²) in [6.45, 7) is 7.17. The van der Waals surface area contributed by atoms with Gasteiger partial charge in [0, 0.05) is 18.8 Å². The smallest absolute Gasteiger partial charge is 0.234 e. The molecule has 1 saturated heterocycles. The molecule has 0 radical (unpaired) electrons. The molecule has 1 aromatic rings. The number of aryl methyl sites for hydroxylation is 1. The predicted octanol–water partition coefficient (Wildman–Crippen LogP) is 2.30. The van der Waals surface area contributed by atoms with Crippen LogP contribution in [0.15, 0.2) is 24.3 Å². The summed E-state index contributed by atoms with van der Waals surface area (Å²) in [5, 5.41) is 2.85. The summed E-state index contributed by atoms with van der Waals surface area (Å²) >= 11 is 1.34. The Morgan fingerprint density at radius 3 is 2.61 bits per heavy atom. The van der Waals surface area contributed by atoms with Crippen molar-refractivity contribution in [2.45, 2.75) is 33.0 Å². The molecular weight excluding hydrogens is 312 g/mol. The molecule has 1 aliphatic rings. The Balaban J connectivity index is 1.71. The Hall–Kier alpha value is -1.53. The van der Waals surface area contributed by atoms with Crippen LogP contribution in [0.4, 0.5) is 5.69 Å². The lowest BCUT2D eigenvalue weighted by atomic mass is 10.2. The highest BCUT2D eigenvalue weighted by atomic mass is 32.2. The molecular formula is C17H24N2O3S. The number of thioether (sulfide) groups is 1. The first-order chi connectivity index (χ1) is 10.9. The summed E-state index contributed by atoms with van der Waals surface area (Å²) in [5.41, 5.74) is 1.89. The lowest BCUT2D eigenvalue weighted by Crippen LogP contribution is -2.48. The number of nitrogens with zero attached hydrogens (tertiary/aromatic N) is 1. The van der Waals surface area contributed by atoms with Gasteiger partial charge in [-0.05, 0) is 38.5 Å². The van der Waals surface area contributed by atoms with Gasteiger partial charge in [-0.15, -0.1) is 11.8 Å². The summed E-state index contributed by atoms with van der Waals surface area (Å²) in [6, 6.07) is 7.66. The van der Waals surface area contributed by atoms with E-state index in [2.05, 4.69) is 5.32 Å². The maximum atomic E-state index is 12.2. The SMILES string of the molecule is Cc1cccc(NC(=O)CSCC(=O)N2C[C@H](C)O[C@@H](C)C2)c1. The van der Waals surface area contributed by atoms with Crippen LogP contribution in [-0.2, 0) is 14.3 Å². The van der Waals surface area contributed by atoms with E-state index in [0.717, 1.165) is 11.3 Å². The molecule has 1 fully saturated rings. The first kappa shape index (κ1) is 17.8. The Morgan fingerprint density at radius 2 is 1.96 bits per heavy atom. The molecule has 0 aliphatic carbocycles. The van der Waals surface area contributed by atoms with Crippen molar-refractivity contribution in [1.82, 2.24) is 4.90 Å². The minimum absolute atomic E-state index is 0.0670. The standard InChI is InChI=1S/C17H24N2O3S/c1-12-5-4-6-15(7-12)18-16(20)10-23-11-17(21)19-8-13(2)22-14(3)9-19/h4-7,13-14H,8-11H2,1-3H3,(H,18,20)/t13-,14-/m0/s1. The highest BCUT2D eigenvalue weighted by Gasteiger charge is 2.25. The van der Waals surface area contributed by atoms with Gasteiger partial charge in [-0.25, -0.2) is 0 Å². The first-order valence-electron chi connectivity index (χ1n) is 7.81. The topological polar surface area (TPSA) is 58.6 Å². The summed E-state index contributed by atoms with van der Waals surface area (Å²) in [4.78, 5) is 25.9. The zero-order chi connectivity index (χ0) is 16.8. The van der Waals surface area contributed by atoms with Crippen molar-refractivity contribution in [2.24, 2.45) is 0 Å². The number of amides is 2. The molecule has 23 heavy (non-hydrogen) atoms. The molecule has 1 N–H and O–H groups in total. The van der Waals surface area contributed by atoms with Gasteiger partial charge >= 0.3 is 0 Å². The molecule has 0 aromatic heterocycles. The molecule has 0 bridgehead atoms. The van der Waals surface area contributed by atoms with E-state index >= 15 is 0 Å². The van der Waals surface area contributed by atoms with E-state index in [4.69, 9.17) is 4.74 Å². The second-order valence-corrected chi connectivity index (χ2v) is 6.95. The summed E-state index contributed by atoms with van der Waals surface area (Å²) in [7, 11) is 0. The number of rotatable bonds is 5. The number of carbonyl (C=O) groups is 2. The van der Waals surface area contributed by atoms with Crippen LogP contribution in [0.1, 0.15) is 19.4 Å². The van der Waals surface area contributed by atoms with Crippen molar-refractivity contribution in [3.05, 3.63) is 29.8 Å². The Morgan fingerprint density at radius 1 is 1.26 bits per heavy atom. The molecule has 0 unspecified atom stereocenters. The molecule has 126 valence electrons. The van der Waals surface area contributed by atoms with Crippen molar-refractivity contribution in [1.29, 1.82) is 0 Å². The van der Waals surface area contributed by atoms with E-state index in [-0.39, 0.29) is 29.8 Å². The van der Waals surface area contributed by atoms with Crippen LogP contribution in [-0.4, -0.2) is 53.5 Å². The zero-order valence-electron chi connectivity index (χ0n) is 13.9. The molecule has 0 saturated carbocycles. The van der Waals surface area contributed by atoms with Gasteiger partial charge in [-0.1, -0.05) is 12.1 Å². The summed E-state index contributed by atoms with van der Waals surface area (Å²) in [6.07, 6.45) is 0.134. The monoisotopic (exact) mass is 336 g/mol. The summed E-state index contributed by atoms with van der Waals surface area (Å²) in [5.74, 6) is 0.577. The normalized spacial score (nSPS) is 21.1. The van der Waals surface area contributed by atoms with Gasteiger partial charge < -0.3 is 15.0 Å². The van der Waals surface area contributed by atoms with E-state index in [1.807, 2.05) is 49.9 Å². The third kappa shape index (κ3) is 5.88. The number of carbonyl (C=O) groups excluding carboxylic acids is 2. The van der Waals surface area contributed by atoms with Crippen LogP contribution >= 0.6 is 11.8 Å². The highest BCUT2D eigenvalue weighted by Crippen LogP contribution is 2.14. The average molecular weight is 336 g/mol. The highest BCUT2D eigenvalue weighted by molar-refractivity contribution is 8.00. The predicted molar refractivity (Wildman–Crippen MR) is 93.7 cm³/mol. The van der Waals surface area contributed by atoms with E-state index in [1.54, 1.807) is 0 Å². The lowest BCUT2D eigenvalue weighted by Gasteiger charge is -2.35. The van der Waals surface area contributed by atoms with Crippen LogP contribution in [0.3, 0.4) is 0 Å². The van der Waals surface area contributed by atoms with Gasteiger partial charge in [-0.2, -0.15) is 0 Å². The average Bonchev–Trinajstić information content (AvgIpc) is 2.46. The van der Waals surface area contributed by atoms with E-state index < -0.39 is 0 Å². The molecule has 2 amide bonds. The molecule has 0 spiro atoms. The lowest BCUT2D eigenvalue weighted by molar-refractivity contribution is -0.140. The third-order valence-corrected chi connectivity index (χ3v) is 4.45. The van der Waals surface area contributed by atoms with Gasteiger partial charge in [-0.3, -0.25) is 9.59 Å². The maximum absolute atomic E-state index is 12.2. The minimum Gasteiger partial charge on any atom is -0.372 e. The fourth-order valence-corrected chi connectivity index (χ4v) is 3.34. The van der Waals surface area contributed by atoms with Crippen LogP contribution in [0, 0.1) is 6.92 Å². The van der Waals surface area contributed by atoms with Crippen molar-refractivity contribution < 1.29 is 14.3 Å². The van der Waals surface area contributed by atoms with Crippen molar-refractivity contribution in [3.8, 4) is 0 Å². The molecule has 6 heteroatoms. The Kier molecular flexibility index (Phi) is 6.47. The number of anilines is 1. The molecule has 2 rings (SSSR count). The molecule has 1 aliphatic heterocycles. The molecule has 1 aromatic carbocycles. The van der Waals surface area contributed by atoms with Crippen LogP contribution in [0.5, 0.6) is 0 Å².